The standard InChI is InChI=1S/C14H24N4O2/c1-4-20-14(19)17-8-5-12(6-9-17)16-13-15-7-10-18(13)11(2)3/h7,10-12H,4-6,8-9H2,1-3H3,(H,15,16). The quantitative estimate of drug-likeness (QED) is 0.920. The molecule has 0 bridgehead atoms. The number of piperidine rings is 1. The molecule has 0 aromatic carbocycles. The summed E-state index contributed by atoms with van der Waals surface area (Å²) >= 11 is 0. The molecule has 0 aliphatic carbocycles. The highest BCUT2D eigenvalue weighted by Gasteiger charge is 2.24. The summed E-state index contributed by atoms with van der Waals surface area (Å²) in [5.74, 6) is 0.912. The molecule has 1 aliphatic heterocycles. The van der Waals surface area contributed by atoms with E-state index in [1.807, 2.05) is 19.3 Å². The molecule has 1 aliphatic rings. The predicted molar refractivity (Wildman–Crippen MR) is 77.9 cm³/mol. The van der Waals surface area contributed by atoms with Crippen molar-refractivity contribution < 1.29 is 9.53 Å². The van der Waals surface area contributed by atoms with Gasteiger partial charge in [-0.1, -0.05) is 0 Å². The molecule has 0 unspecified atom stereocenters. The van der Waals surface area contributed by atoms with Gasteiger partial charge >= 0.3 is 6.09 Å². The van der Waals surface area contributed by atoms with Crippen molar-refractivity contribution in [3.63, 3.8) is 0 Å². The van der Waals surface area contributed by atoms with E-state index in [9.17, 15) is 4.79 Å². The number of nitrogens with zero attached hydrogens (tertiary/aromatic N) is 3. The first-order chi connectivity index (χ1) is 9.61. The number of rotatable bonds is 4. The molecule has 1 aromatic rings. The maximum absolute atomic E-state index is 11.6. The number of hydrogen-bond acceptors (Lipinski definition) is 4. The lowest BCUT2D eigenvalue weighted by molar-refractivity contribution is 0.0983. The van der Waals surface area contributed by atoms with Gasteiger partial charge in [0, 0.05) is 37.6 Å². The van der Waals surface area contributed by atoms with E-state index in [1.165, 1.54) is 0 Å². The van der Waals surface area contributed by atoms with E-state index in [0.717, 1.165) is 31.9 Å². The summed E-state index contributed by atoms with van der Waals surface area (Å²) in [6.07, 6.45) is 5.44. The number of imidazole rings is 1. The van der Waals surface area contributed by atoms with Gasteiger partial charge in [-0.25, -0.2) is 9.78 Å². The Hall–Kier alpha value is -1.72. The number of carbonyl (C=O) groups is 1. The molecule has 0 saturated carbocycles. The Morgan fingerprint density at radius 2 is 2.20 bits per heavy atom. The first kappa shape index (κ1) is 14.7. The van der Waals surface area contributed by atoms with Crippen molar-refractivity contribution in [2.45, 2.75) is 45.7 Å². The van der Waals surface area contributed by atoms with Crippen molar-refractivity contribution >= 4 is 12.0 Å². The smallest absolute Gasteiger partial charge is 0.409 e. The van der Waals surface area contributed by atoms with E-state index in [-0.39, 0.29) is 6.09 Å². The van der Waals surface area contributed by atoms with Crippen LogP contribution >= 0.6 is 0 Å². The van der Waals surface area contributed by atoms with Crippen LogP contribution in [0.2, 0.25) is 0 Å². The molecular weight excluding hydrogens is 256 g/mol. The molecular formula is C14H24N4O2. The molecule has 1 N–H and O–H groups in total. The Balaban J connectivity index is 1.85. The van der Waals surface area contributed by atoms with Crippen molar-refractivity contribution in [2.75, 3.05) is 25.0 Å². The average molecular weight is 280 g/mol. The van der Waals surface area contributed by atoms with Crippen LogP contribution in [0.4, 0.5) is 10.7 Å². The van der Waals surface area contributed by atoms with Gasteiger partial charge in [0.25, 0.3) is 0 Å². The first-order valence-electron chi connectivity index (χ1n) is 7.33. The van der Waals surface area contributed by atoms with Crippen LogP contribution in [-0.4, -0.2) is 46.3 Å². The van der Waals surface area contributed by atoms with Crippen LogP contribution in [0.1, 0.15) is 39.7 Å². The number of ether oxygens (including phenoxy) is 1. The fourth-order valence-electron chi connectivity index (χ4n) is 2.45. The molecule has 2 rings (SSSR count). The normalized spacial score (nSPS) is 16.5. The topological polar surface area (TPSA) is 59.4 Å². The molecule has 6 nitrogen and oxygen atoms in total. The summed E-state index contributed by atoms with van der Waals surface area (Å²) in [5, 5.41) is 3.48. The second-order valence-electron chi connectivity index (χ2n) is 5.36. The fourth-order valence-corrected chi connectivity index (χ4v) is 2.45. The highest BCUT2D eigenvalue weighted by atomic mass is 16.6. The molecule has 1 amide bonds. The van der Waals surface area contributed by atoms with Crippen LogP contribution in [-0.2, 0) is 4.74 Å². The van der Waals surface area contributed by atoms with Gasteiger partial charge in [0.05, 0.1) is 6.61 Å². The molecule has 2 heterocycles. The largest absolute Gasteiger partial charge is 0.450 e. The molecule has 0 atom stereocenters. The van der Waals surface area contributed by atoms with E-state index < -0.39 is 0 Å². The van der Waals surface area contributed by atoms with Gasteiger partial charge in [0.1, 0.15) is 0 Å². The molecule has 6 heteroatoms. The van der Waals surface area contributed by atoms with Crippen molar-refractivity contribution in [3.8, 4) is 0 Å². The summed E-state index contributed by atoms with van der Waals surface area (Å²) in [6, 6.07) is 0.750. The van der Waals surface area contributed by atoms with Gasteiger partial charge in [-0.2, -0.15) is 0 Å². The number of anilines is 1. The van der Waals surface area contributed by atoms with Crippen LogP contribution in [0, 0.1) is 0 Å². The minimum absolute atomic E-state index is 0.199. The minimum Gasteiger partial charge on any atom is -0.450 e. The maximum atomic E-state index is 11.6. The Morgan fingerprint density at radius 3 is 2.80 bits per heavy atom. The highest BCUT2D eigenvalue weighted by molar-refractivity contribution is 5.67. The monoisotopic (exact) mass is 280 g/mol. The van der Waals surface area contributed by atoms with Gasteiger partial charge in [-0.15, -0.1) is 0 Å². The van der Waals surface area contributed by atoms with E-state index in [4.69, 9.17) is 4.74 Å². The molecule has 1 fully saturated rings. The zero-order chi connectivity index (χ0) is 14.5. The number of amides is 1. The Labute approximate surface area is 120 Å². The molecule has 1 saturated heterocycles. The molecule has 0 spiro atoms. The second-order valence-corrected chi connectivity index (χ2v) is 5.36. The lowest BCUT2D eigenvalue weighted by Gasteiger charge is -2.32. The van der Waals surface area contributed by atoms with Crippen LogP contribution in [0.5, 0.6) is 0 Å². The van der Waals surface area contributed by atoms with Crippen LogP contribution in [0.3, 0.4) is 0 Å². The Morgan fingerprint density at radius 1 is 1.50 bits per heavy atom. The van der Waals surface area contributed by atoms with Crippen LogP contribution in [0.15, 0.2) is 12.4 Å². The maximum Gasteiger partial charge on any atom is 0.409 e. The van der Waals surface area contributed by atoms with E-state index >= 15 is 0 Å². The first-order valence-corrected chi connectivity index (χ1v) is 7.33. The summed E-state index contributed by atoms with van der Waals surface area (Å²) in [6.45, 7) is 8.00. The summed E-state index contributed by atoms with van der Waals surface area (Å²) in [4.78, 5) is 17.8. The zero-order valence-corrected chi connectivity index (χ0v) is 12.5. The fraction of sp³-hybridized carbons (Fsp3) is 0.714. The number of nitrogens with one attached hydrogen (secondary N) is 1. The third-order valence-electron chi connectivity index (χ3n) is 3.58. The van der Waals surface area contributed by atoms with Gasteiger partial charge in [0.2, 0.25) is 5.95 Å². The van der Waals surface area contributed by atoms with E-state index in [2.05, 4.69) is 28.7 Å². The number of likely N-dealkylation sites (tertiary alicyclic amines) is 1. The van der Waals surface area contributed by atoms with Crippen molar-refractivity contribution in [2.24, 2.45) is 0 Å². The number of hydrogen-bond donors (Lipinski definition) is 1. The van der Waals surface area contributed by atoms with E-state index in [1.54, 1.807) is 4.90 Å². The van der Waals surface area contributed by atoms with Gasteiger partial charge in [-0.05, 0) is 33.6 Å². The highest BCUT2D eigenvalue weighted by Crippen LogP contribution is 2.18. The molecule has 20 heavy (non-hydrogen) atoms. The zero-order valence-electron chi connectivity index (χ0n) is 12.5. The third kappa shape index (κ3) is 3.43. The van der Waals surface area contributed by atoms with Gasteiger partial charge < -0.3 is 19.5 Å². The van der Waals surface area contributed by atoms with Gasteiger partial charge in [-0.3, -0.25) is 0 Å². The lowest BCUT2D eigenvalue weighted by Crippen LogP contribution is -2.42. The molecule has 0 radical (unpaired) electrons. The van der Waals surface area contributed by atoms with Crippen molar-refractivity contribution in [1.82, 2.24) is 14.5 Å². The SMILES string of the molecule is CCOC(=O)N1CCC(Nc2nccn2C(C)C)CC1. The number of aromatic nitrogens is 2. The van der Waals surface area contributed by atoms with Crippen molar-refractivity contribution in [1.29, 1.82) is 0 Å². The summed E-state index contributed by atoms with van der Waals surface area (Å²) in [5.41, 5.74) is 0. The predicted octanol–water partition coefficient (Wildman–Crippen LogP) is 2.50. The molecule has 1 aromatic heterocycles. The van der Waals surface area contributed by atoms with E-state index in [0.29, 0.717) is 18.7 Å². The third-order valence-corrected chi connectivity index (χ3v) is 3.58. The second kappa shape index (κ2) is 6.63. The summed E-state index contributed by atoms with van der Waals surface area (Å²) in [7, 11) is 0. The average Bonchev–Trinajstić information content (AvgIpc) is 2.88. The van der Waals surface area contributed by atoms with Crippen LogP contribution < -0.4 is 5.32 Å². The molecule has 112 valence electrons. The lowest BCUT2D eigenvalue weighted by atomic mass is 10.1. The Kier molecular flexibility index (Phi) is 4.87. The Bertz CT molecular complexity index is 436. The van der Waals surface area contributed by atoms with Gasteiger partial charge in [0.15, 0.2) is 0 Å². The van der Waals surface area contributed by atoms with Crippen LogP contribution in [0.25, 0.3) is 0 Å². The minimum atomic E-state index is -0.199. The summed E-state index contributed by atoms with van der Waals surface area (Å²) < 4.78 is 7.15. The van der Waals surface area contributed by atoms with Crippen molar-refractivity contribution in [3.05, 3.63) is 12.4 Å². The number of carbonyl (C=O) groups excluding carboxylic acids is 1.